The molecule has 30 heavy (non-hydrogen) atoms. The number of thiophene rings is 1. The van der Waals surface area contributed by atoms with Gasteiger partial charge in [0.05, 0.1) is 19.3 Å². The van der Waals surface area contributed by atoms with Crippen LogP contribution in [-0.2, 0) is 22.6 Å². The summed E-state index contributed by atoms with van der Waals surface area (Å²) in [5, 5.41) is 9.52. The monoisotopic (exact) mass is 426 g/mol. The number of aryl methyl sites for hydroxylation is 1. The summed E-state index contributed by atoms with van der Waals surface area (Å²) in [7, 11) is 1.87. The smallest absolute Gasteiger partial charge is 0.341 e. The molecule has 8 heteroatoms. The number of amides is 1. The van der Waals surface area contributed by atoms with E-state index in [2.05, 4.69) is 10.4 Å². The molecule has 0 aliphatic rings. The van der Waals surface area contributed by atoms with Gasteiger partial charge in [0, 0.05) is 35.8 Å². The predicted molar refractivity (Wildman–Crippen MR) is 119 cm³/mol. The summed E-state index contributed by atoms with van der Waals surface area (Å²) in [6.07, 6.45) is 3.78. The van der Waals surface area contributed by atoms with Crippen molar-refractivity contribution >= 4 is 28.2 Å². The SMILES string of the molecule is CCOC(=O)c1c(-c2ccccc2)csc1NC(=O)CN(C)Cc1cnn(CC)c1. The van der Waals surface area contributed by atoms with Crippen molar-refractivity contribution in [2.24, 2.45) is 0 Å². The summed E-state index contributed by atoms with van der Waals surface area (Å²) in [4.78, 5) is 27.1. The zero-order valence-corrected chi connectivity index (χ0v) is 18.2. The van der Waals surface area contributed by atoms with E-state index in [1.54, 1.807) is 6.92 Å². The van der Waals surface area contributed by atoms with Crippen LogP contribution in [0.5, 0.6) is 0 Å². The van der Waals surface area contributed by atoms with Gasteiger partial charge in [0.1, 0.15) is 10.6 Å². The van der Waals surface area contributed by atoms with E-state index >= 15 is 0 Å². The molecule has 3 rings (SSSR count). The molecule has 0 aliphatic heterocycles. The standard InChI is InChI=1S/C22H26N4O3S/c1-4-26-13-16(11-23-26)12-25(3)14-19(27)24-21-20(22(28)29-5-2)18(15-30-21)17-9-7-6-8-10-17/h6-11,13,15H,4-5,12,14H2,1-3H3,(H,24,27). The molecule has 2 aromatic heterocycles. The number of hydrogen-bond acceptors (Lipinski definition) is 6. The zero-order valence-electron chi connectivity index (χ0n) is 17.4. The average molecular weight is 427 g/mol. The predicted octanol–water partition coefficient (Wildman–Crippen LogP) is 3.88. The molecule has 158 valence electrons. The van der Waals surface area contributed by atoms with Gasteiger partial charge in [-0.1, -0.05) is 30.3 Å². The van der Waals surface area contributed by atoms with Gasteiger partial charge in [-0.15, -0.1) is 11.3 Å². The second-order valence-electron chi connectivity index (χ2n) is 6.86. The molecule has 0 aliphatic carbocycles. The highest BCUT2D eigenvalue weighted by molar-refractivity contribution is 7.15. The Labute approximate surface area is 180 Å². The minimum atomic E-state index is -0.437. The van der Waals surface area contributed by atoms with E-state index in [1.807, 2.05) is 71.7 Å². The van der Waals surface area contributed by atoms with E-state index in [-0.39, 0.29) is 19.1 Å². The highest BCUT2D eigenvalue weighted by atomic mass is 32.1. The molecular formula is C22H26N4O3S. The van der Waals surface area contributed by atoms with Gasteiger partial charge in [-0.3, -0.25) is 14.4 Å². The third-order valence-electron chi connectivity index (χ3n) is 4.49. The maximum Gasteiger partial charge on any atom is 0.341 e. The Hall–Kier alpha value is -2.97. The lowest BCUT2D eigenvalue weighted by Gasteiger charge is -2.15. The summed E-state index contributed by atoms with van der Waals surface area (Å²) in [6.45, 7) is 5.67. The molecule has 0 spiro atoms. The topological polar surface area (TPSA) is 76.5 Å². The van der Waals surface area contributed by atoms with Crippen molar-refractivity contribution < 1.29 is 14.3 Å². The maximum atomic E-state index is 12.6. The fourth-order valence-corrected chi connectivity index (χ4v) is 4.10. The fourth-order valence-electron chi connectivity index (χ4n) is 3.13. The van der Waals surface area contributed by atoms with Crippen molar-refractivity contribution in [3.05, 3.63) is 59.2 Å². The Kier molecular flexibility index (Phi) is 7.37. The maximum absolute atomic E-state index is 12.6. The number of carbonyl (C=O) groups is 2. The molecule has 2 heterocycles. The van der Waals surface area contributed by atoms with E-state index in [0.717, 1.165) is 23.2 Å². The number of carbonyl (C=O) groups excluding carboxylic acids is 2. The summed E-state index contributed by atoms with van der Waals surface area (Å²) in [5.74, 6) is -0.624. The molecule has 0 saturated heterocycles. The lowest BCUT2D eigenvalue weighted by molar-refractivity contribution is -0.117. The Morgan fingerprint density at radius 1 is 1.23 bits per heavy atom. The molecule has 0 saturated carbocycles. The van der Waals surface area contributed by atoms with Crippen molar-refractivity contribution in [1.82, 2.24) is 14.7 Å². The molecule has 0 unspecified atom stereocenters. The Morgan fingerprint density at radius 3 is 2.67 bits per heavy atom. The minimum absolute atomic E-state index is 0.188. The van der Waals surface area contributed by atoms with Crippen molar-refractivity contribution in [3.63, 3.8) is 0 Å². The van der Waals surface area contributed by atoms with E-state index in [9.17, 15) is 9.59 Å². The molecule has 7 nitrogen and oxygen atoms in total. The fraction of sp³-hybridized carbons (Fsp3) is 0.318. The number of nitrogens with zero attached hydrogens (tertiary/aromatic N) is 3. The van der Waals surface area contributed by atoms with Crippen LogP contribution in [0.3, 0.4) is 0 Å². The summed E-state index contributed by atoms with van der Waals surface area (Å²) in [5.41, 5.74) is 3.10. The first-order chi connectivity index (χ1) is 14.5. The average Bonchev–Trinajstić information content (AvgIpc) is 3.35. The molecule has 1 amide bonds. The van der Waals surface area contributed by atoms with Crippen molar-refractivity contribution in [2.75, 3.05) is 25.5 Å². The first-order valence-electron chi connectivity index (χ1n) is 9.85. The van der Waals surface area contributed by atoms with Gasteiger partial charge in [-0.05, 0) is 26.5 Å². The molecule has 0 radical (unpaired) electrons. The second-order valence-corrected chi connectivity index (χ2v) is 7.74. The van der Waals surface area contributed by atoms with Crippen LogP contribution in [-0.4, -0.2) is 46.8 Å². The number of anilines is 1. The van der Waals surface area contributed by atoms with Crippen molar-refractivity contribution in [3.8, 4) is 11.1 Å². The lowest BCUT2D eigenvalue weighted by atomic mass is 10.0. The van der Waals surface area contributed by atoms with Gasteiger partial charge >= 0.3 is 5.97 Å². The number of benzene rings is 1. The molecule has 0 fully saturated rings. The van der Waals surface area contributed by atoms with Crippen LogP contribution in [0.25, 0.3) is 11.1 Å². The Morgan fingerprint density at radius 2 is 2.00 bits per heavy atom. The molecule has 1 aromatic carbocycles. The summed E-state index contributed by atoms with van der Waals surface area (Å²) >= 11 is 1.33. The number of ether oxygens (including phenoxy) is 1. The number of aromatic nitrogens is 2. The molecular weight excluding hydrogens is 400 g/mol. The number of esters is 1. The van der Waals surface area contributed by atoms with Crippen LogP contribution in [0.1, 0.15) is 29.8 Å². The van der Waals surface area contributed by atoms with Gasteiger partial charge < -0.3 is 10.1 Å². The van der Waals surface area contributed by atoms with Crippen LogP contribution in [0.4, 0.5) is 5.00 Å². The van der Waals surface area contributed by atoms with Crippen LogP contribution in [0.2, 0.25) is 0 Å². The van der Waals surface area contributed by atoms with Crippen LogP contribution < -0.4 is 5.32 Å². The van der Waals surface area contributed by atoms with E-state index in [1.165, 1.54) is 11.3 Å². The second kappa shape index (κ2) is 10.2. The van der Waals surface area contributed by atoms with Gasteiger partial charge in [0.2, 0.25) is 5.91 Å². The van der Waals surface area contributed by atoms with E-state index in [4.69, 9.17) is 4.74 Å². The number of nitrogens with one attached hydrogen (secondary N) is 1. The van der Waals surface area contributed by atoms with Gasteiger partial charge in [0.25, 0.3) is 0 Å². The van der Waals surface area contributed by atoms with Gasteiger partial charge in [-0.2, -0.15) is 5.10 Å². The van der Waals surface area contributed by atoms with E-state index < -0.39 is 5.97 Å². The van der Waals surface area contributed by atoms with Crippen molar-refractivity contribution in [2.45, 2.75) is 26.9 Å². The highest BCUT2D eigenvalue weighted by Gasteiger charge is 2.23. The van der Waals surface area contributed by atoms with Crippen molar-refractivity contribution in [1.29, 1.82) is 0 Å². The molecule has 3 aromatic rings. The first-order valence-corrected chi connectivity index (χ1v) is 10.7. The highest BCUT2D eigenvalue weighted by Crippen LogP contribution is 2.36. The van der Waals surface area contributed by atoms with Gasteiger partial charge in [0.15, 0.2) is 0 Å². The molecule has 0 atom stereocenters. The Bertz CT molecular complexity index is 997. The van der Waals surface area contributed by atoms with Crippen LogP contribution in [0.15, 0.2) is 48.1 Å². The van der Waals surface area contributed by atoms with Crippen LogP contribution >= 0.6 is 11.3 Å². The normalized spacial score (nSPS) is 10.9. The summed E-state index contributed by atoms with van der Waals surface area (Å²) in [6, 6.07) is 9.61. The number of likely N-dealkylation sites (N-methyl/N-ethyl adjacent to an activating group) is 1. The molecule has 1 N–H and O–H groups in total. The first kappa shape index (κ1) is 21.7. The lowest BCUT2D eigenvalue weighted by Crippen LogP contribution is -2.30. The third kappa shape index (κ3) is 5.34. The largest absolute Gasteiger partial charge is 0.462 e. The minimum Gasteiger partial charge on any atom is -0.462 e. The number of rotatable bonds is 9. The third-order valence-corrected chi connectivity index (χ3v) is 5.38. The Balaban J connectivity index is 1.72. The number of hydrogen-bond donors (Lipinski definition) is 1. The quantitative estimate of drug-likeness (QED) is 0.526. The van der Waals surface area contributed by atoms with E-state index in [0.29, 0.717) is 17.1 Å². The summed E-state index contributed by atoms with van der Waals surface area (Å²) < 4.78 is 7.09. The molecule has 0 bridgehead atoms. The van der Waals surface area contributed by atoms with Crippen LogP contribution in [0, 0.1) is 0 Å². The van der Waals surface area contributed by atoms with Gasteiger partial charge in [-0.25, -0.2) is 4.79 Å². The zero-order chi connectivity index (χ0) is 21.5.